The Hall–Kier alpha value is -2.69. The summed E-state index contributed by atoms with van der Waals surface area (Å²) >= 11 is 0. The number of carbonyl (C=O) groups excluding carboxylic acids is 1. The molecule has 0 bridgehead atoms. The van der Waals surface area contributed by atoms with Crippen LogP contribution in [0.4, 0.5) is 5.82 Å². The molecule has 0 atom stereocenters. The molecule has 1 aromatic carbocycles. The van der Waals surface area contributed by atoms with Gasteiger partial charge in [0.15, 0.2) is 0 Å². The number of rotatable bonds is 4. The molecule has 112 valence electrons. The van der Waals surface area contributed by atoms with Gasteiger partial charge in [-0.1, -0.05) is 30.3 Å². The molecule has 0 saturated carbocycles. The first-order valence-corrected chi connectivity index (χ1v) is 7.31. The van der Waals surface area contributed by atoms with Gasteiger partial charge in [0.2, 0.25) is 0 Å². The molecule has 2 aromatic rings. The van der Waals surface area contributed by atoms with E-state index in [-0.39, 0.29) is 5.91 Å². The summed E-state index contributed by atoms with van der Waals surface area (Å²) in [4.78, 5) is 22.8. The van der Waals surface area contributed by atoms with E-state index in [0.717, 1.165) is 6.42 Å². The first-order chi connectivity index (χ1) is 10.8. The summed E-state index contributed by atoms with van der Waals surface area (Å²) in [7, 11) is 0. The Morgan fingerprint density at radius 1 is 1.27 bits per heavy atom. The van der Waals surface area contributed by atoms with Gasteiger partial charge >= 0.3 is 0 Å². The van der Waals surface area contributed by atoms with Gasteiger partial charge < -0.3 is 10.2 Å². The van der Waals surface area contributed by atoms with Crippen LogP contribution in [-0.2, 0) is 13.0 Å². The minimum absolute atomic E-state index is 0.0720. The van der Waals surface area contributed by atoms with Crippen molar-refractivity contribution in [3.05, 3.63) is 66.1 Å². The van der Waals surface area contributed by atoms with Crippen molar-refractivity contribution in [2.75, 3.05) is 18.4 Å². The molecule has 1 aromatic heterocycles. The molecule has 1 amide bonds. The molecule has 0 aliphatic carbocycles. The standard InChI is InChI=1S/C17H18N4O/c1-2-8-18-16-11-19-15(10-20-16)17(22)21-9-7-13-5-3-4-6-14(13)12-21/h2-6,10-11H,1,7-9,12H2,(H,18,20). The molecule has 1 aliphatic heterocycles. The number of amides is 1. The van der Waals surface area contributed by atoms with Crippen molar-refractivity contribution in [3.63, 3.8) is 0 Å². The lowest BCUT2D eigenvalue weighted by Gasteiger charge is -2.28. The van der Waals surface area contributed by atoms with E-state index in [4.69, 9.17) is 0 Å². The number of aromatic nitrogens is 2. The van der Waals surface area contributed by atoms with Gasteiger partial charge in [-0.2, -0.15) is 0 Å². The molecule has 0 fully saturated rings. The van der Waals surface area contributed by atoms with Crippen LogP contribution in [0.5, 0.6) is 0 Å². The van der Waals surface area contributed by atoms with E-state index in [0.29, 0.717) is 31.1 Å². The SMILES string of the molecule is C=CCNc1cnc(C(=O)N2CCc3ccccc3C2)cn1. The fraction of sp³-hybridized carbons (Fsp3) is 0.235. The van der Waals surface area contributed by atoms with Crippen LogP contribution in [0.1, 0.15) is 21.6 Å². The minimum Gasteiger partial charge on any atom is -0.365 e. The summed E-state index contributed by atoms with van der Waals surface area (Å²) in [6, 6.07) is 8.24. The Labute approximate surface area is 129 Å². The number of benzene rings is 1. The van der Waals surface area contributed by atoms with Crippen LogP contribution in [0.25, 0.3) is 0 Å². The van der Waals surface area contributed by atoms with Crippen LogP contribution in [0.3, 0.4) is 0 Å². The van der Waals surface area contributed by atoms with E-state index in [2.05, 4.69) is 34.0 Å². The number of fused-ring (bicyclic) bond motifs is 1. The molecular formula is C17H18N4O. The number of carbonyl (C=O) groups is 1. The fourth-order valence-electron chi connectivity index (χ4n) is 2.54. The lowest BCUT2D eigenvalue weighted by molar-refractivity contribution is 0.0728. The molecule has 1 N–H and O–H groups in total. The lowest BCUT2D eigenvalue weighted by Crippen LogP contribution is -2.36. The number of nitrogens with zero attached hydrogens (tertiary/aromatic N) is 3. The molecule has 0 saturated heterocycles. The van der Waals surface area contributed by atoms with Gasteiger partial charge in [-0.15, -0.1) is 6.58 Å². The van der Waals surface area contributed by atoms with E-state index in [1.807, 2.05) is 17.0 Å². The van der Waals surface area contributed by atoms with Crippen molar-refractivity contribution in [1.82, 2.24) is 14.9 Å². The van der Waals surface area contributed by atoms with Gasteiger partial charge in [-0.3, -0.25) is 4.79 Å². The molecule has 3 rings (SSSR count). The third-order valence-electron chi connectivity index (χ3n) is 3.72. The molecule has 0 radical (unpaired) electrons. The molecule has 0 unspecified atom stereocenters. The number of hydrogen-bond acceptors (Lipinski definition) is 4. The van der Waals surface area contributed by atoms with E-state index in [1.54, 1.807) is 12.3 Å². The van der Waals surface area contributed by atoms with Crippen molar-refractivity contribution in [2.45, 2.75) is 13.0 Å². The predicted molar refractivity (Wildman–Crippen MR) is 85.6 cm³/mol. The van der Waals surface area contributed by atoms with Gasteiger partial charge in [0.1, 0.15) is 11.5 Å². The summed E-state index contributed by atoms with van der Waals surface area (Å²) < 4.78 is 0. The smallest absolute Gasteiger partial charge is 0.274 e. The van der Waals surface area contributed by atoms with Gasteiger partial charge in [-0.05, 0) is 17.5 Å². The maximum absolute atomic E-state index is 12.5. The molecule has 5 heteroatoms. The Morgan fingerprint density at radius 3 is 2.82 bits per heavy atom. The highest BCUT2D eigenvalue weighted by molar-refractivity contribution is 5.92. The maximum Gasteiger partial charge on any atom is 0.274 e. The van der Waals surface area contributed by atoms with E-state index in [9.17, 15) is 4.79 Å². The largest absolute Gasteiger partial charge is 0.365 e. The summed E-state index contributed by atoms with van der Waals surface area (Å²) in [6.07, 6.45) is 5.73. The first-order valence-electron chi connectivity index (χ1n) is 7.31. The highest BCUT2D eigenvalue weighted by atomic mass is 16.2. The van der Waals surface area contributed by atoms with Crippen LogP contribution < -0.4 is 5.32 Å². The van der Waals surface area contributed by atoms with Crippen molar-refractivity contribution in [2.24, 2.45) is 0 Å². The molecule has 5 nitrogen and oxygen atoms in total. The van der Waals surface area contributed by atoms with E-state index in [1.165, 1.54) is 17.3 Å². The summed E-state index contributed by atoms with van der Waals surface area (Å²) in [5, 5.41) is 3.04. The predicted octanol–water partition coefficient (Wildman–Crippen LogP) is 2.27. The average Bonchev–Trinajstić information content (AvgIpc) is 2.59. The van der Waals surface area contributed by atoms with Crippen LogP contribution in [0.15, 0.2) is 49.3 Å². The van der Waals surface area contributed by atoms with Gasteiger partial charge in [0.25, 0.3) is 5.91 Å². The summed E-state index contributed by atoms with van der Waals surface area (Å²) in [6.45, 7) is 5.59. The maximum atomic E-state index is 12.5. The lowest BCUT2D eigenvalue weighted by atomic mass is 10.00. The van der Waals surface area contributed by atoms with Crippen molar-refractivity contribution in [1.29, 1.82) is 0 Å². The van der Waals surface area contributed by atoms with Gasteiger partial charge in [0.05, 0.1) is 12.4 Å². The van der Waals surface area contributed by atoms with Crippen LogP contribution in [0.2, 0.25) is 0 Å². The second-order valence-corrected chi connectivity index (χ2v) is 5.20. The molecule has 22 heavy (non-hydrogen) atoms. The normalized spacial score (nSPS) is 13.4. The molecule has 0 spiro atoms. The molecule has 1 aliphatic rings. The van der Waals surface area contributed by atoms with E-state index < -0.39 is 0 Å². The van der Waals surface area contributed by atoms with Gasteiger partial charge in [-0.25, -0.2) is 9.97 Å². The highest BCUT2D eigenvalue weighted by Crippen LogP contribution is 2.19. The zero-order chi connectivity index (χ0) is 15.4. The molecular weight excluding hydrogens is 276 g/mol. The number of nitrogens with one attached hydrogen (secondary N) is 1. The van der Waals surface area contributed by atoms with Crippen molar-refractivity contribution < 1.29 is 4.79 Å². The van der Waals surface area contributed by atoms with Gasteiger partial charge in [0, 0.05) is 19.6 Å². The van der Waals surface area contributed by atoms with Crippen molar-refractivity contribution in [3.8, 4) is 0 Å². The fourth-order valence-corrected chi connectivity index (χ4v) is 2.54. The summed E-state index contributed by atoms with van der Waals surface area (Å²) in [5.74, 6) is 0.567. The monoisotopic (exact) mass is 294 g/mol. The third-order valence-corrected chi connectivity index (χ3v) is 3.72. The zero-order valence-electron chi connectivity index (χ0n) is 12.3. The van der Waals surface area contributed by atoms with Crippen LogP contribution in [-0.4, -0.2) is 33.9 Å². The van der Waals surface area contributed by atoms with Crippen LogP contribution >= 0.6 is 0 Å². The van der Waals surface area contributed by atoms with Crippen LogP contribution in [0, 0.1) is 0 Å². The number of hydrogen-bond donors (Lipinski definition) is 1. The van der Waals surface area contributed by atoms with E-state index >= 15 is 0 Å². The quantitative estimate of drug-likeness (QED) is 0.879. The molecule has 2 heterocycles. The Balaban J connectivity index is 1.70. The Bertz CT molecular complexity index is 681. The Morgan fingerprint density at radius 2 is 2.09 bits per heavy atom. The second-order valence-electron chi connectivity index (χ2n) is 5.20. The zero-order valence-corrected chi connectivity index (χ0v) is 12.3. The second kappa shape index (κ2) is 6.39. The number of anilines is 1. The average molecular weight is 294 g/mol. The first kappa shape index (κ1) is 14.3. The van der Waals surface area contributed by atoms with Crippen molar-refractivity contribution >= 4 is 11.7 Å². The minimum atomic E-state index is -0.0720. The summed E-state index contributed by atoms with van der Waals surface area (Å²) in [5.41, 5.74) is 2.91. The topological polar surface area (TPSA) is 58.1 Å². The highest BCUT2D eigenvalue weighted by Gasteiger charge is 2.22. The third kappa shape index (κ3) is 2.98. The Kier molecular flexibility index (Phi) is 4.14.